The van der Waals surface area contributed by atoms with Gasteiger partial charge in [-0.2, -0.15) is 0 Å². The predicted molar refractivity (Wildman–Crippen MR) is 331 cm³/mol. The molecule has 2 heterocycles. The number of halogens is 2. The average Bonchev–Trinajstić information content (AvgIpc) is 3.44. The monoisotopic (exact) mass is 1240 g/mol. The van der Waals surface area contributed by atoms with Crippen molar-refractivity contribution in [1.82, 2.24) is 35.9 Å². The molecule has 0 saturated heterocycles. The van der Waals surface area contributed by atoms with Crippen LogP contribution < -0.4 is 48.4 Å². The fraction of sp³-hybridized carbons (Fsp3) is 0.559. The molecule has 0 aliphatic carbocycles. The van der Waals surface area contributed by atoms with Crippen molar-refractivity contribution in [2.75, 3.05) is 129 Å². The summed E-state index contributed by atoms with van der Waals surface area (Å²) in [5.41, 5.74) is 25.9. The second-order valence-electron chi connectivity index (χ2n) is 19.7. The van der Waals surface area contributed by atoms with E-state index < -0.39 is 5.91 Å². The summed E-state index contributed by atoms with van der Waals surface area (Å²) in [5, 5.41) is 16.2. The maximum Gasteiger partial charge on any atom is 0.314 e. The van der Waals surface area contributed by atoms with Gasteiger partial charge in [0.15, 0.2) is 50.9 Å². The molecular weight excluding hydrogens is 1150 g/mol. The minimum absolute atomic E-state index is 0.0201. The number of nitrogen functional groups attached to an aromatic ring is 3. The van der Waals surface area contributed by atoms with Gasteiger partial charge in [0.2, 0.25) is 0 Å². The van der Waals surface area contributed by atoms with Gasteiger partial charge in [0.1, 0.15) is 30.5 Å². The lowest BCUT2D eigenvalue weighted by molar-refractivity contribution is -0.119. The van der Waals surface area contributed by atoms with E-state index >= 15 is 0 Å². The number of anilines is 3. The van der Waals surface area contributed by atoms with Crippen molar-refractivity contribution < 1.29 is 57.1 Å². The third kappa shape index (κ3) is 32.1. The zero-order valence-corrected chi connectivity index (χ0v) is 51.0. The zero-order chi connectivity index (χ0) is 62.0. The number of urea groups is 1. The molecule has 0 unspecified atom stereocenters. The Morgan fingerprint density at radius 3 is 1.62 bits per heavy atom. The van der Waals surface area contributed by atoms with Gasteiger partial charge in [-0.3, -0.25) is 24.7 Å². The molecule has 0 radical (unpaired) electrons. The number of ether oxygens (including phenoxy) is 8. The van der Waals surface area contributed by atoms with Crippen molar-refractivity contribution in [2.24, 2.45) is 10.7 Å². The number of benzene rings is 2. The van der Waals surface area contributed by atoms with E-state index in [0.29, 0.717) is 149 Å². The molecule has 0 saturated carbocycles. The van der Waals surface area contributed by atoms with Crippen LogP contribution >= 0.6 is 23.2 Å². The highest BCUT2D eigenvalue weighted by Crippen LogP contribution is 2.20. The second kappa shape index (κ2) is 43.7. The Bertz CT molecular complexity index is 2680. The molecule has 27 heteroatoms. The predicted octanol–water partition coefficient (Wildman–Crippen LogP) is 6.86. The summed E-state index contributed by atoms with van der Waals surface area (Å²) in [4.78, 5) is 69.1. The smallest absolute Gasteiger partial charge is 0.314 e. The highest BCUT2D eigenvalue weighted by atomic mass is 35.5. The number of carbonyl (C=O) groups excluding carboxylic acids is 4. The SMILES string of the molecule is Cc1nc(N)c(C(=O)CC(=N)CCCCCc2ccc(OCCOCCOCCOCCNC(=O)NCCCCCC(=O)CCCOCCOCCOCCOc3ccc(CCCCN=C(N)NC(=O)c4nc(Cl)c(N)nc4N)cc3)cc2)nc1Cl. The Labute approximate surface area is 513 Å². The summed E-state index contributed by atoms with van der Waals surface area (Å²) in [6.07, 6.45) is 10.6. The number of nitrogens with zero attached hydrogens (tertiary/aromatic N) is 5. The lowest BCUT2D eigenvalue weighted by Gasteiger charge is -2.10. The first-order chi connectivity index (χ1) is 41.7. The van der Waals surface area contributed by atoms with Crippen molar-refractivity contribution in [3.63, 3.8) is 0 Å². The molecule has 3 amide bonds. The number of rotatable bonds is 48. The number of hydrogen-bond donors (Lipinski definition) is 8. The van der Waals surface area contributed by atoms with E-state index in [2.05, 4.69) is 40.9 Å². The Hall–Kier alpha value is -6.84. The number of nitrogens with one attached hydrogen (secondary N) is 4. The molecule has 0 aliphatic heterocycles. The number of aliphatic imine (C=N–C) groups is 1. The average molecular weight is 1240 g/mol. The van der Waals surface area contributed by atoms with Gasteiger partial charge in [-0.1, -0.05) is 60.3 Å². The lowest BCUT2D eigenvalue weighted by atomic mass is 10.0. The standard InChI is InChI=1S/C59H87Cl2N13O12/c1-42-52(60)71-50(54(63)70-42)49(76)41-45(62)13-5-2-4-11-43-16-20-47(21-17-43)85-39-38-84-36-34-82-32-30-80-28-26-69-59(78)68-25-8-3-6-14-46(75)15-10-27-79-29-31-81-33-35-83-37-40-86-48-22-18-44(19-23-48)12-7-9-24-67-58(66)74-57(77)51-55(64)73-56(65)53(61)72-51/h16-23,62H,2-15,24-41H2,1H3,(H2,63,70)(H4,64,65,73)(H2,68,69,78)(H3,66,67,74,77). The molecule has 0 fully saturated rings. The molecule has 474 valence electrons. The Morgan fingerprint density at radius 2 is 1.01 bits per heavy atom. The fourth-order valence-electron chi connectivity index (χ4n) is 8.04. The quantitative estimate of drug-likeness (QED) is 0.00968. The van der Waals surface area contributed by atoms with Gasteiger partial charge < -0.3 is 76.9 Å². The molecule has 2 aromatic carbocycles. The topological polar surface area (TPSA) is 370 Å². The van der Waals surface area contributed by atoms with Crippen LogP contribution in [-0.2, 0) is 46.1 Å². The molecule has 25 nitrogen and oxygen atoms in total. The van der Waals surface area contributed by atoms with Gasteiger partial charge in [-0.25, -0.2) is 24.7 Å². The number of carbonyl (C=O) groups is 4. The van der Waals surface area contributed by atoms with Crippen molar-refractivity contribution in [3.05, 3.63) is 87.0 Å². The highest BCUT2D eigenvalue weighted by Gasteiger charge is 2.19. The van der Waals surface area contributed by atoms with Gasteiger partial charge in [-0.05, 0) is 107 Å². The largest absolute Gasteiger partial charge is 0.491 e. The third-order valence-corrected chi connectivity index (χ3v) is 13.3. The molecule has 12 N–H and O–H groups in total. The minimum Gasteiger partial charge on any atom is -0.491 e. The number of guanidine groups is 1. The van der Waals surface area contributed by atoms with E-state index in [9.17, 15) is 19.2 Å². The number of Topliss-reactive ketones (excluding diaryl/α,β-unsaturated/α-hetero) is 2. The van der Waals surface area contributed by atoms with Crippen LogP contribution in [0, 0.1) is 12.3 Å². The van der Waals surface area contributed by atoms with Crippen LogP contribution in [0.2, 0.25) is 10.3 Å². The number of aryl methyl sites for hydroxylation is 3. The van der Waals surface area contributed by atoms with Gasteiger partial charge in [0, 0.05) is 44.8 Å². The van der Waals surface area contributed by atoms with Crippen molar-refractivity contribution >= 4 is 75.8 Å². The van der Waals surface area contributed by atoms with Gasteiger partial charge >= 0.3 is 6.03 Å². The van der Waals surface area contributed by atoms with E-state index in [1.54, 1.807) is 6.92 Å². The van der Waals surface area contributed by atoms with E-state index in [0.717, 1.165) is 81.3 Å². The van der Waals surface area contributed by atoms with Crippen LogP contribution in [0.1, 0.15) is 121 Å². The van der Waals surface area contributed by atoms with Crippen molar-refractivity contribution in [2.45, 2.75) is 103 Å². The van der Waals surface area contributed by atoms with E-state index in [4.69, 9.17) is 89.4 Å². The van der Waals surface area contributed by atoms with E-state index in [-0.39, 0.29) is 69.1 Å². The van der Waals surface area contributed by atoms with Crippen LogP contribution in [0.4, 0.5) is 22.2 Å². The van der Waals surface area contributed by atoms with Gasteiger partial charge in [0.05, 0.1) is 84.8 Å². The first kappa shape index (κ1) is 71.6. The normalized spacial score (nSPS) is 11.4. The summed E-state index contributed by atoms with van der Waals surface area (Å²) in [6, 6.07) is 15.6. The van der Waals surface area contributed by atoms with Crippen molar-refractivity contribution in [3.8, 4) is 11.5 Å². The Kier molecular flexibility index (Phi) is 36.4. The molecule has 4 rings (SSSR count). The van der Waals surface area contributed by atoms with Crippen LogP contribution in [-0.4, -0.2) is 167 Å². The lowest BCUT2D eigenvalue weighted by Crippen LogP contribution is -2.38. The number of hydrogen-bond acceptors (Lipinski definition) is 21. The number of amides is 3. The highest BCUT2D eigenvalue weighted by molar-refractivity contribution is 6.32. The van der Waals surface area contributed by atoms with Crippen LogP contribution in [0.15, 0.2) is 53.5 Å². The maximum atomic E-state index is 12.5. The van der Waals surface area contributed by atoms with Gasteiger partial charge in [0.25, 0.3) is 5.91 Å². The molecular formula is C59H87Cl2N13O12. The van der Waals surface area contributed by atoms with Crippen LogP contribution in [0.3, 0.4) is 0 Å². The van der Waals surface area contributed by atoms with Crippen LogP contribution in [0.25, 0.3) is 0 Å². The summed E-state index contributed by atoms with van der Waals surface area (Å²) in [7, 11) is 0. The van der Waals surface area contributed by atoms with E-state index in [1.165, 1.54) is 5.56 Å². The summed E-state index contributed by atoms with van der Waals surface area (Å²) >= 11 is 11.8. The number of ketones is 2. The molecule has 4 aromatic rings. The first-order valence-electron chi connectivity index (χ1n) is 29.2. The van der Waals surface area contributed by atoms with Crippen LogP contribution in [0.5, 0.6) is 11.5 Å². The van der Waals surface area contributed by atoms with Gasteiger partial charge in [-0.15, -0.1) is 0 Å². The Morgan fingerprint density at radius 1 is 0.523 bits per heavy atom. The molecule has 86 heavy (non-hydrogen) atoms. The summed E-state index contributed by atoms with van der Waals surface area (Å²) < 4.78 is 45.0. The molecule has 2 aromatic heterocycles. The summed E-state index contributed by atoms with van der Waals surface area (Å²) in [5.74, 6) is 0.434. The third-order valence-electron chi connectivity index (χ3n) is 12.7. The Balaban J connectivity index is 0.813. The maximum absolute atomic E-state index is 12.5. The number of aromatic nitrogens is 4. The number of unbranched alkanes of at least 4 members (excludes halogenated alkanes) is 5. The fourth-order valence-corrected chi connectivity index (χ4v) is 8.30. The molecule has 0 aliphatic rings. The molecule has 0 spiro atoms. The second-order valence-corrected chi connectivity index (χ2v) is 20.4. The number of nitrogens with two attached hydrogens (primary N) is 4. The van der Waals surface area contributed by atoms with E-state index in [1.807, 2.05) is 48.5 Å². The zero-order valence-electron chi connectivity index (χ0n) is 49.4. The molecule has 0 bridgehead atoms. The summed E-state index contributed by atoms with van der Waals surface area (Å²) in [6.45, 7) is 8.96. The molecule has 0 atom stereocenters. The first-order valence-corrected chi connectivity index (χ1v) is 30.0. The minimum atomic E-state index is -0.682. The van der Waals surface area contributed by atoms with Crippen molar-refractivity contribution in [1.29, 1.82) is 5.41 Å².